The van der Waals surface area contributed by atoms with Crippen LogP contribution in [0.2, 0.25) is 0 Å². The van der Waals surface area contributed by atoms with E-state index in [9.17, 15) is 0 Å². The van der Waals surface area contributed by atoms with E-state index < -0.39 is 0 Å². The van der Waals surface area contributed by atoms with Crippen LogP contribution in [0.5, 0.6) is 5.75 Å². The maximum Gasteiger partial charge on any atom is 0.120 e. The van der Waals surface area contributed by atoms with Crippen molar-refractivity contribution < 1.29 is 4.74 Å². The van der Waals surface area contributed by atoms with Crippen molar-refractivity contribution in [1.82, 2.24) is 0 Å². The zero-order valence-electron chi connectivity index (χ0n) is 9.98. The number of benzene rings is 2. The third-order valence-electron chi connectivity index (χ3n) is 2.38. The molecule has 2 aromatic carbocycles. The summed E-state index contributed by atoms with van der Waals surface area (Å²) < 4.78 is 6.78. The summed E-state index contributed by atoms with van der Waals surface area (Å²) in [5.74, 6) is 0.917. The average Bonchev–Trinajstić information content (AvgIpc) is 2.29. The van der Waals surface area contributed by atoms with Crippen molar-refractivity contribution in [2.75, 3.05) is 0 Å². The summed E-state index contributed by atoms with van der Waals surface area (Å²) in [7, 11) is 0. The van der Waals surface area contributed by atoms with Crippen LogP contribution < -0.4 is 4.74 Å². The second-order valence-corrected chi connectivity index (χ2v) is 5.12. The minimum Gasteiger partial charge on any atom is -0.491 e. The molecule has 2 aromatic rings. The van der Waals surface area contributed by atoms with E-state index in [4.69, 9.17) is 4.74 Å². The van der Waals surface area contributed by atoms with Crippen molar-refractivity contribution in [2.24, 2.45) is 0 Å². The van der Waals surface area contributed by atoms with E-state index in [-0.39, 0.29) is 6.10 Å². The van der Waals surface area contributed by atoms with Gasteiger partial charge in [0.15, 0.2) is 0 Å². The van der Waals surface area contributed by atoms with Crippen molar-refractivity contribution >= 4 is 15.9 Å². The molecule has 88 valence electrons. The summed E-state index contributed by atoms with van der Waals surface area (Å²) in [4.78, 5) is 0. The minimum absolute atomic E-state index is 0.204. The van der Waals surface area contributed by atoms with Crippen LogP contribution in [0, 0.1) is 0 Å². The largest absolute Gasteiger partial charge is 0.491 e. The molecule has 0 aliphatic carbocycles. The van der Waals surface area contributed by atoms with Crippen LogP contribution in [-0.2, 0) is 0 Å². The number of hydrogen-bond donors (Lipinski definition) is 0. The van der Waals surface area contributed by atoms with Gasteiger partial charge >= 0.3 is 0 Å². The van der Waals surface area contributed by atoms with Crippen LogP contribution in [0.4, 0.5) is 0 Å². The zero-order chi connectivity index (χ0) is 12.3. The maximum atomic E-state index is 5.69. The molecule has 0 aromatic heterocycles. The van der Waals surface area contributed by atoms with Gasteiger partial charge in [0.05, 0.1) is 6.10 Å². The maximum absolute atomic E-state index is 5.69. The van der Waals surface area contributed by atoms with Crippen molar-refractivity contribution in [1.29, 1.82) is 0 Å². The van der Waals surface area contributed by atoms with Gasteiger partial charge in [-0.2, -0.15) is 0 Å². The van der Waals surface area contributed by atoms with Crippen LogP contribution in [0.25, 0.3) is 11.1 Å². The Kier molecular flexibility index (Phi) is 3.85. The average molecular weight is 291 g/mol. The first-order valence-electron chi connectivity index (χ1n) is 5.68. The molecule has 2 rings (SSSR count). The Morgan fingerprint density at radius 2 is 1.65 bits per heavy atom. The van der Waals surface area contributed by atoms with Crippen LogP contribution in [0.1, 0.15) is 13.8 Å². The molecule has 0 spiro atoms. The highest BCUT2D eigenvalue weighted by Crippen LogP contribution is 2.25. The fourth-order valence-corrected chi connectivity index (χ4v) is 1.93. The second-order valence-electron chi connectivity index (χ2n) is 4.20. The normalized spacial score (nSPS) is 10.6. The Balaban J connectivity index is 2.29. The summed E-state index contributed by atoms with van der Waals surface area (Å²) in [6, 6.07) is 16.5. The predicted octanol–water partition coefficient (Wildman–Crippen LogP) is 4.90. The lowest BCUT2D eigenvalue weighted by atomic mass is 10.1. The van der Waals surface area contributed by atoms with Crippen molar-refractivity contribution in [3.05, 3.63) is 53.0 Å². The van der Waals surface area contributed by atoms with E-state index in [1.807, 2.05) is 38.1 Å². The summed E-state index contributed by atoms with van der Waals surface area (Å²) in [6.45, 7) is 4.07. The third kappa shape index (κ3) is 3.34. The Morgan fingerprint density at radius 1 is 0.941 bits per heavy atom. The molecular formula is C15H15BrO. The first-order valence-corrected chi connectivity index (χ1v) is 6.47. The summed E-state index contributed by atoms with van der Waals surface area (Å²) in [6.07, 6.45) is 0.204. The molecule has 17 heavy (non-hydrogen) atoms. The van der Waals surface area contributed by atoms with Crippen LogP contribution in [0.15, 0.2) is 53.0 Å². The molecule has 0 heterocycles. The monoisotopic (exact) mass is 290 g/mol. The van der Waals surface area contributed by atoms with Gasteiger partial charge in [-0.05, 0) is 49.2 Å². The van der Waals surface area contributed by atoms with Gasteiger partial charge in [0.2, 0.25) is 0 Å². The molecule has 0 saturated heterocycles. The van der Waals surface area contributed by atoms with Gasteiger partial charge < -0.3 is 4.74 Å². The van der Waals surface area contributed by atoms with E-state index in [0.717, 1.165) is 10.2 Å². The molecule has 0 unspecified atom stereocenters. The van der Waals surface area contributed by atoms with Crippen LogP contribution in [-0.4, -0.2) is 6.10 Å². The molecule has 0 aliphatic rings. The lowest BCUT2D eigenvalue weighted by Gasteiger charge is -2.11. The van der Waals surface area contributed by atoms with E-state index >= 15 is 0 Å². The highest BCUT2D eigenvalue weighted by atomic mass is 79.9. The topological polar surface area (TPSA) is 9.23 Å². The van der Waals surface area contributed by atoms with Crippen molar-refractivity contribution in [2.45, 2.75) is 20.0 Å². The molecule has 0 atom stereocenters. The molecule has 0 saturated carbocycles. The summed E-state index contributed by atoms with van der Waals surface area (Å²) in [5, 5.41) is 0. The molecule has 0 radical (unpaired) electrons. The van der Waals surface area contributed by atoms with Crippen LogP contribution in [0.3, 0.4) is 0 Å². The first kappa shape index (κ1) is 12.2. The van der Waals surface area contributed by atoms with Gasteiger partial charge in [-0.3, -0.25) is 0 Å². The lowest BCUT2D eigenvalue weighted by molar-refractivity contribution is 0.242. The number of ether oxygens (including phenoxy) is 1. The summed E-state index contributed by atoms with van der Waals surface area (Å²) in [5.41, 5.74) is 2.37. The molecule has 1 nitrogen and oxygen atoms in total. The Morgan fingerprint density at radius 3 is 2.29 bits per heavy atom. The standard InChI is InChI=1S/C15H15BrO/c1-11(2)17-15-5-3-4-13(10-15)12-6-8-14(16)9-7-12/h3-11H,1-2H3. The molecule has 0 bridgehead atoms. The van der Waals surface area contributed by atoms with E-state index in [2.05, 4.69) is 40.2 Å². The van der Waals surface area contributed by atoms with Crippen molar-refractivity contribution in [3.63, 3.8) is 0 Å². The Bertz CT molecular complexity index is 489. The highest BCUT2D eigenvalue weighted by Gasteiger charge is 2.01. The molecular weight excluding hydrogens is 276 g/mol. The molecule has 2 heteroatoms. The van der Waals surface area contributed by atoms with Gasteiger partial charge in [-0.25, -0.2) is 0 Å². The number of rotatable bonds is 3. The van der Waals surface area contributed by atoms with E-state index in [1.54, 1.807) is 0 Å². The Labute approximate surface area is 111 Å². The van der Waals surface area contributed by atoms with Gasteiger partial charge in [-0.15, -0.1) is 0 Å². The minimum atomic E-state index is 0.204. The molecule has 0 fully saturated rings. The van der Waals surface area contributed by atoms with E-state index in [0.29, 0.717) is 0 Å². The Hall–Kier alpha value is -1.28. The number of halogens is 1. The molecule has 0 amide bonds. The van der Waals surface area contributed by atoms with E-state index in [1.165, 1.54) is 11.1 Å². The van der Waals surface area contributed by atoms with Gasteiger partial charge in [0.25, 0.3) is 0 Å². The lowest BCUT2D eigenvalue weighted by Crippen LogP contribution is -2.05. The third-order valence-corrected chi connectivity index (χ3v) is 2.91. The smallest absolute Gasteiger partial charge is 0.120 e. The van der Waals surface area contributed by atoms with Gasteiger partial charge in [0.1, 0.15) is 5.75 Å². The van der Waals surface area contributed by atoms with Gasteiger partial charge in [0, 0.05) is 4.47 Å². The first-order chi connectivity index (χ1) is 8.15. The van der Waals surface area contributed by atoms with Crippen LogP contribution >= 0.6 is 15.9 Å². The van der Waals surface area contributed by atoms with Gasteiger partial charge in [-0.1, -0.05) is 40.2 Å². The SMILES string of the molecule is CC(C)Oc1cccc(-c2ccc(Br)cc2)c1. The number of hydrogen-bond acceptors (Lipinski definition) is 1. The molecule has 0 aliphatic heterocycles. The zero-order valence-corrected chi connectivity index (χ0v) is 11.6. The molecule has 0 N–H and O–H groups in total. The quantitative estimate of drug-likeness (QED) is 0.781. The predicted molar refractivity (Wildman–Crippen MR) is 75.3 cm³/mol. The fraction of sp³-hybridized carbons (Fsp3) is 0.200. The second kappa shape index (κ2) is 5.37. The van der Waals surface area contributed by atoms with Crippen molar-refractivity contribution in [3.8, 4) is 16.9 Å². The summed E-state index contributed by atoms with van der Waals surface area (Å²) >= 11 is 3.44. The fourth-order valence-electron chi connectivity index (χ4n) is 1.66. The highest BCUT2D eigenvalue weighted by molar-refractivity contribution is 9.10.